The number of anilines is 3. The SMILES string of the molecule is CC1(C)c2ccccc2-c2ccc(N(c3ccc(-n4c5ccccc5c5ccc6c7ccc8c9ccccc9n(-c9ccccc9)c8c7oc6c54)cc3)c3ccc4c(c3)C(C)(C)c3ccccc3-4)cc21. The fourth-order valence-corrected chi connectivity index (χ4v) is 12.8. The second kappa shape index (κ2) is 14.0. The van der Waals surface area contributed by atoms with E-state index in [1.807, 2.05) is 0 Å². The van der Waals surface area contributed by atoms with Crippen LogP contribution in [0, 0.1) is 0 Å². The minimum atomic E-state index is -0.137. The topological polar surface area (TPSA) is 26.2 Å². The van der Waals surface area contributed by atoms with Crippen molar-refractivity contribution < 1.29 is 4.42 Å². The zero-order chi connectivity index (χ0) is 46.6. The largest absolute Gasteiger partial charge is 0.452 e. The van der Waals surface area contributed by atoms with E-state index < -0.39 is 0 Å². The number of furan rings is 1. The summed E-state index contributed by atoms with van der Waals surface area (Å²) in [7, 11) is 0. The molecular weight excluding hydrogens is 851 g/mol. The fourth-order valence-electron chi connectivity index (χ4n) is 12.8. The molecule has 0 unspecified atom stereocenters. The predicted octanol–water partition coefficient (Wildman–Crippen LogP) is 17.9. The van der Waals surface area contributed by atoms with Crippen molar-refractivity contribution in [1.82, 2.24) is 9.13 Å². The van der Waals surface area contributed by atoms with E-state index >= 15 is 0 Å². The molecule has 0 radical (unpaired) electrons. The Morgan fingerprint density at radius 1 is 0.329 bits per heavy atom. The Labute approximate surface area is 405 Å². The van der Waals surface area contributed by atoms with Gasteiger partial charge in [-0.2, -0.15) is 0 Å². The maximum absolute atomic E-state index is 7.34. The quantitative estimate of drug-likeness (QED) is 0.172. The Morgan fingerprint density at radius 3 is 1.24 bits per heavy atom. The molecular formula is C66H47N3O. The molecule has 3 heterocycles. The number of benzene rings is 10. The molecule has 0 spiro atoms. The van der Waals surface area contributed by atoms with Crippen molar-refractivity contribution in [3.8, 4) is 33.6 Å². The fraction of sp³-hybridized carbons (Fsp3) is 0.0909. The maximum atomic E-state index is 7.34. The Morgan fingerprint density at radius 2 is 0.729 bits per heavy atom. The summed E-state index contributed by atoms with van der Waals surface area (Å²) in [5.74, 6) is 0. The van der Waals surface area contributed by atoms with Gasteiger partial charge in [0.05, 0.1) is 22.1 Å². The zero-order valence-corrected chi connectivity index (χ0v) is 39.5. The van der Waals surface area contributed by atoms with Gasteiger partial charge >= 0.3 is 0 Å². The van der Waals surface area contributed by atoms with Crippen LogP contribution in [-0.2, 0) is 10.8 Å². The number of nitrogens with zero attached hydrogens (tertiary/aromatic N) is 3. The average molecular weight is 898 g/mol. The summed E-state index contributed by atoms with van der Waals surface area (Å²) >= 11 is 0. The van der Waals surface area contributed by atoms with Gasteiger partial charge in [-0.25, -0.2) is 0 Å². The monoisotopic (exact) mass is 897 g/mol. The van der Waals surface area contributed by atoms with E-state index in [1.54, 1.807) is 0 Å². The first-order valence-corrected chi connectivity index (χ1v) is 24.5. The standard InChI is InChI=1S/C66H47N3O/c1-65(2)55-22-12-8-18-45(55)47-32-30-43(38-57(47)65)67(44-31-33-48-46-19-9-13-23-56(46)66(3,4)58(48)39-44)41-26-28-42(29-27-41)69-60-25-15-11-21-50(60)52-35-37-54-53-36-34-51-49-20-10-14-24-59(49)68(40-16-6-5-7-17-40)61(51)63(53)70-64(54)62(52)69/h5-39H,1-4H3. The van der Waals surface area contributed by atoms with Gasteiger partial charge in [-0.1, -0.05) is 155 Å². The molecule has 0 saturated heterocycles. The lowest BCUT2D eigenvalue weighted by Gasteiger charge is -2.30. The summed E-state index contributed by atoms with van der Waals surface area (Å²) in [4.78, 5) is 2.46. The zero-order valence-electron chi connectivity index (χ0n) is 39.5. The molecule has 332 valence electrons. The van der Waals surface area contributed by atoms with Crippen molar-refractivity contribution in [2.45, 2.75) is 38.5 Å². The number of hydrogen-bond acceptors (Lipinski definition) is 2. The van der Waals surface area contributed by atoms with Crippen LogP contribution in [0.4, 0.5) is 17.1 Å². The highest BCUT2D eigenvalue weighted by molar-refractivity contribution is 6.26. The Kier molecular flexibility index (Phi) is 7.88. The Bertz CT molecular complexity index is 4240. The third-order valence-corrected chi connectivity index (χ3v) is 16.1. The highest BCUT2D eigenvalue weighted by atomic mass is 16.3. The average Bonchev–Trinajstić information content (AvgIpc) is 4.16. The van der Waals surface area contributed by atoms with Gasteiger partial charge in [0.25, 0.3) is 0 Å². The molecule has 4 heteroatoms. The number of rotatable bonds is 5. The lowest BCUT2D eigenvalue weighted by atomic mass is 9.82. The molecule has 0 amide bonds. The van der Waals surface area contributed by atoms with Crippen LogP contribution >= 0.6 is 0 Å². The molecule has 2 aliphatic carbocycles. The second-order valence-electron chi connectivity index (χ2n) is 20.5. The number of aromatic nitrogens is 2. The molecule has 3 aromatic heterocycles. The van der Waals surface area contributed by atoms with Crippen LogP contribution in [0.2, 0.25) is 0 Å². The maximum Gasteiger partial charge on any atom is 0.160 e. The van der Waals surface area contributed by atoms with Gasteiger partial charge < -0.3 is 18.5 Å². The summed E-state index contributed by atoms with van der Waals surface area (Å²) < 4.78 is 12.1. The molecule has 70 heavy (non-hydrogen) atoms. The van der Waals surface area contributed by atoms with Crippen molar-refractivity contribution in [3.05, 3.63) is 235 Å². The third-order valence-electron chi connectivity index (χ3n) is 16.1. The normalized spacial score (nSPS) is 14.2. The summed E-state index contributed by atoms with van der Waals surface area (Å²) in [5, 5.41) is 6.95. The first-order valence-electron chi connectivity index (χ1n) is 24.5. The molecule has 4 nitrogen and oxygen atoms in total. The molecule has 0 fully saturated rings. The number of para-hydroxylation sites is 3. The third kappa shape index (κ3) is 5.20. The Hall–Kier alpha value is -8.60. The van der Waals surface area contributed by atoms with E-state index in [0.29, 0.717) is 0 Å². The molecule has 0 N–H and O–H groups in total. The molecule has 10 aromatic carbocycles. The summed E-state index contributed by atoms with van der Waals surface area (Å²) in [6, 6.07) is 78.4. The van der Waals surface area contributed by atoms with Crippen LogP contribution in [-0.4, -0.2) is 9.13 Å². The van der Waals surface area contributed by atoms with Gasteiger partial charge in [0.2, 0.25) is 0 Å². The molecule has 0 bridgehead atoms. The summed E-state index contributed by atoms with van der Waals surface area (Å²) in [5.41, 5.74) is 22.2. The van der Waals surface area contributed by atoms with Crippen molar-refractivity contribution in [2.75, 3.05) is 4.90 Å². The Balaban J connectivity index is 0.937. The van der Waals surface area contributed by atoms with E-state index in [0.717, 1.165) is 77.8 Å². The van der Waals surface area contributed by atoms with E-state index in [9.17, 15) is 0 Å². The van der Waals surface area contributed by atoms with Crippen LogP contribution in [0.25, 0.3) is 99.2 Å². The van der Waals surface area contributed by atoms with Crippen LogP contribution in [0.1, 0.15) is 49.9 Å². The minimum Gasteiger partial charge on any atom is -0.452 e. The summed E-state index contributed by atoms with van der Waals surface area (Å²) in [6.07, 6.45) is 0. The van der Waals surface area contributed by atoms with E-state index in [1.165, 1.54) is 60.7 Å². The van der Waals surface area contributed by atoms with E-state index in [2.05, 4.69) is 254 Å². The van der Waals surface area contributed by atoms with Crippen molar-refractivity contribution >= 4 is 82.6 Å². The number of hydrogen-bond donors (Lipinski definition) is 0. The van der Waals surface area contributed by atoms with Gasteiger partial charge in [0.1, 0.15) is 0 Å². The van der Waals surface area contributed by atoms with Gasteiger partial charge in [0, 0.05) is 71.6 Å². The minimum absolute atomic E-state index is 0.137. The van der Waals surface area contributed by atoms with E-state index in [-0.39, 0.29) is 10.8 Å². The summed E-state index contributed by atoms with van der Waals surface area (Å²) in [6.45, 7) is 9.47. The van der Waals surface area contributed by atoms with Gasteiger partial charge in [-0.05, 0) is 129 Å². The molecule has 0 atom stereocenters. The van der Waals surface area contributed by atoms with Gasteiger partial charge in [-0.15, -0.1) is 0 Å². The first kappa shape index (κ1) is 39.4. The lowest BCUT2D eigenvalue weighted by Crippen LogP contribution is -2.18. The van der Waals surface area contributed by atoms with Crippen LogP contribution in [0.5, 0.6) is 0 Å². The smallest absolute Gasteiger partial charge is 0.160 e. The highest BCUT2D eigenvalue weighted by Crippen LogP contribution is 2.53. The molecule has 13 aromatic rings. The molecule has 0 saturated carbocycles. The first-order chi connectivity index (χ1) is 34.3. The predicted molar refractivity (Wildman–Crippen MR) is 292 cm³/mol. The van der Waals surface area contributed by atoms with Gasteiger partial charge in [-0.3, -0.25) is 0 Å². The number of fused-ring (bicyclic) bond motifs is 17. The van der Waals surface area contributed by atoms with Crippen LogP contribution < -0.4 is 4.90 Å². The molecule has 15 rings (SSSR count). The second-order valence-corrected chi connectivity index (χ2v) is 20.5. The van der Waals surface area contributed by atoms with Crippen molar-refractivity contribution in [3.63, 3.8) is 0 Å². The van der Waals surface area contributed by atoms with Crippen LogP contribution in [0.3, 0.4) is 0 Å². The lowest BCUT2D eigenvalue weighted by molar-refractivity contribution is 0.660. The molecule has 2 aliphatic rings. The van der Waals surface area contributed by atoms with Crippen molar-refractivity contribution in [2.24, 2.45) is 0 Å². The van der Waals surface area contributed by atoms with E-state index in [4.69, 9.17) is 4.42 Å². The van der Waals surface area contributed by atoms with Crippen LogP contribution in [0.15, 0.2) is 217 Å². The van der Waals surface area contributed by atoms with Crippen molar-refractivity contribution in [1.29, 1.82) is 0 Å². The highest BCUT2D eigenvalue weighted by Gasteiger charge is 2.38. The van der Waals surface area contributed by atoms with Gasteiger partial charge in [0.15, 0.2) is 11.2 Å². The molecule has 0 aliphatic heterocycles.